The molecule has 0 spiro atoms. The number of hydrogen-bond acceptors (Lipinski definition) is 2. The summed E-state index contributed by atoms with van der Waals surface area (Å²) in [5.41, 5.74) is 1.08. The fourth-order valence-electron chi connectivity index (χ4n) is 1.54. The van der Waals surface area contributed by atoms with Crippen LogP contribution in [-0.4, -0.2) is 18.6 Å². The Bertz CT molecular complexity index is 355. The van der Waals surface area contributed by atoms with E-state index >= 15 is 0 Å². The minimum Gasteiger partial charge on any atom is -0.312 e. The molecule has 0 saturated carbocycles. The summed E-state index contributed by atoms with van der Waals surface area (Å²) in [5.74, 6) is 2.89. The Morgan fingerprint density at radius 2 is 1.94 bits per heavy atom. The average molecular weight is 292 g/mol. The number of nitrogens with one attached hydrogen (secondary N) is 1. The van der Waals surface area contributed by atoms with E-state index in [9.17, 15) is 0 Å². The summed E-state index contributed by atoms with van der Waals surface area (Å²) < 4.78 is 0. The van der Waals surface area contributed by atoms with Gasteiger partial charge in [-0.1, -0.05) is 49.2 Å². The fraction of sp³-hybridized carbons (Fsp3) is 0.538. The predicted octanol–water partition coefficient (Wildman–Crippen LogP) is 4.64. The molecule has 0 saturated heterocycles. The molecule has 1 aromatic rings. The van der Waals surface area contributed by atoms with Gasteiger partial charge in [0.05, 0.1) is 10.0 Å². The molecule has 1 N–H and O–H groups in total. The van der Waals surface area contributed by atoms with Crippen molar-refractivity contribution in [3.63, 3.8) is 0 Å². The second kappa shape index (κ2) is 7.52. The molecule has 96 valence electrons. The van der Waals surface area contributed by atoms with Crippen LogP contribution in [0.1, 0.15) is 25.5 Å². The molecule has 1 rings (SSSR count). The molecule has 0 aliphatic rings. The fourth-order valence-corrected chi connectivity index (χ4v) is 3.17. The summed E-state index contributed by atoms with van der Waals surface area (Å²) in [6, 6.07) is 6.05. The summed E-state index contributed by atoms with van der Waals surface area (Å²) >= 11 is 14.2. The smallest absolute Gasteiger partial charge is 0.0640 e. The van der Waals surface area contributed by atoms with E-state index in [4.69, 9.17) is 23.2 Å². The highest BCUT2D eigenvalue weighted by Crippen LogP contribution is 2.31. The average Bonchev–Trinajstić information content (AvgIpc) is 2.28. The van der Waals surface area contributed by atoms with Crippen LogP contribution in [0.4, 0.5) is 0 Å². The number of benzene rings is 1. The van der Waals surface area contributed by atoms with Gasteiger partial charge in [0.25, 0.3) is 0 Å². The second-order valence-electron chi connectivity index (χ2n) is 4.42. The quantitative estimate of drug-likeness (QED) is 0.819. The lowest BCUT2D eigenvalue weighted by atomic mass is 10.1. The summed E-state index contributed by atoms with van der Waals surface area (Å²) in [4.78, 5) is 0. The van der Waals surface area contributed by atoms with Gasteiger partial charge in [0.15, 0.2) is 0 Å². The molecule has 1 aromatic carbocycles. The van der Waals surface area contributed by atoms with Gasteiger partial charge in [-0.2, -0.15) is 11.8 Å². The Balaban J connectivity index is 2.69. The zero-order valence-electron chi connectivity index (χ0n) is 10.5. The van der Waals surface area contributed by atoms with Crippen molar-refractivity contribution in [2.45, 2.75) is 19.9 Å². The van der Waals surface area contributed by atoms with Gasteiger partial charge in [-0.05, 0) is 30.3 Å². The summed E-state index contributed by atoms with van der Waals surface area (Å²) in [6.45, 7) is 4.46. The molecule has 4 heteroatoms. The molecular weight excluding hydrogens is 273 g/mol. The number of thioether (sulfide) groups is 1. The normalized spacial score (nSPS) is 13.1. The first-order valence-electron chi connectivity index (χ1n) is 5.75. The Morgan fingerprint density at radius 3 is 2.53 bits per heavy atom. The number of hydrogen-bond donors (Lipinski definition) is 1. The summed E-state index contributed by atoms with van der Waals surface area (Å²) in [7, 11) is 1.96. The third-order valence-electron chi connectivity index (χ3n) is 2.44. The van der Waals surface area contributed by atoms with Crippen molar-refractivity contribution < 1.29 is 0 Å². The largest absolute Gasteiger partial charge is 0.312 e. The lowest BCUT2D eigenvalue weighted by Gasteiger charge is -2.18. The monoisotopic (exact) mass is 291 g/mol. The zero-order chi connectivity index (χ0) is 12.8. The summed E-state index contributed by atoms with van der Waals surface area (Å²) in [6.07, 6.45) is 0. The van der Waals surface area contributed by atoms with Gasteiger partial charge < -0.3 is 5.32 Å². The van der Waals surface area contributed by atoms with Crippen LogP contribution in [0.3, 0.4) is 0 Å². The van der Waals surface area contributed by atoms with Crippen molar-refractivity contribution in [2.75, 3.05) is 18.6 Å². The second-order valence-corrected chi connectivity index (χ2v) is 6.28. The van der Waals surface area contributed by atoms with Crippen LogP contribution >= 0.6 is 35.0 Å². The number of rotatable bonds is 6. The van der Waals surface area contributed by atoms with Crippen LogP contribution in [0.15, 0.2) is 18.2 Å². The van der Waals surface area contributed by atoms with Crippen LogP contribution in [0, 0.1) is 5.92 Å². The molecule has 1 unspecified atom stereocenters. The highest BCUT2D eigenvalue weighted by Gasteiger charge is 2.14. The van der Waals surface area contributed by atoms with Gasteiger partial charge in [0.2, 0.25) is 0 Å². The van der Waals surface area contributed by atoms with Crippen LogP contribution in [0.25, 0.3) is 0 Å². The number of halogens is 2. The standard InChI is InChI=1S/C13H19Cl2NS/c1-9(2)7-17-8-12(16-3)10-5-4-6-11(14)13(10)15/h4-6,9,12,16H,7-8H2,1-3H3. The first-order chi connectivity index (χ1) is 8.06. The van der Waals surface area contributed by atoms with Gasteiger partial charge in [-0.25, -0.2) is 0 Å². The third-order valence-corrected chi connectivity index (χ3v) is 4.75. The minimum absolute atomic E-state index is 0.255. The highest BCUT2D eigenvalue weighted by molar-refractivity contribution is 7.99. The van der Waals surface area contributed by atoms with Crippen molar-refractivity contribution >= 4 is 35.0 Å². The molecule has 1 nitrogen and oxygen atoms in total. The topological polar surface area (TPSA) is 12.0 Å². The third kappa shape index (κ3) is 4.70. The SMILES string of the molecule is CNC(CSCC(C)C)c1cccc(Cl)c1Cl. The van der Waals surface area contributed by atoms with E-state index in [2.05, 4.69) is 19.2 Å². The van der Waals surface area contributed by atoms with Crippen LogP contribution in [0.5, 0.6) is 0 Å². The van der Waals surface area contributed by atoms with Gasteiger partial charge in [0, 0.05) is 11.8 Å². The Labute approximate surface area is 118 Å². The lowest BCUT2D eigenvalue weighted by molar-refractivity contribution is 0.659. The molecule has 0 amide bonds. The van der Waals surface area contributed by atoms with E-state index < -0.39 is 0 Å². The molecular formula is C13H19Cl2NS. The molecule has 17 heavy (non-hydrogen) atoms. The zero-order valence-corrected chi connectivity index (χ0v) is 12.8. The Hall–Kier alpha value is 0.110. The van der Waals surface area contributed by atoms with Crippen molar-refractivity contribution in [3.8, 4) is 0 Å². The van der Waals surface area contributed by atoms with Crippen molar-refractivity contribution in [1.82, 2.24) is 5.32 Å². The van der Waals surface area contributed by atoms with Gasteiger partial charge in [0.1, 0.15) is 0 Å². The Morgan fingerprint density at radius 1 is 1.24 bits per heavy atom. The maximum Gasteiger partial charge on any atom is 0.0640 e. The maximum absolute atomic E-state index is 6.23. The van der Waals surface area contributed by atoms with Gasteiger partial charge in [-0.3, -0.25) is 0 Å². The maximum atomic E-state index is 6.23. The van der Waals surface area contributed by atoms with E-state index in [0.29, 0.717) is 16.0 Å². The van der Waals surface area contributed by atoms with E-state index in [0.717, 1.165) is 17.1 Å². The Kier molecular flexibility index (Phi) is 6.71. The van der Waals surface area contributed by atoms with E-state index in [-0.39, 0.29) is 6.04 Å². The van der Waals surface area contributed by atoms with E-state index in [1.54, 1.807) is 0 Å². The predicted molar refractivity (Wildman–Crippen MR) is 80.4 cm³/mol. The first kappa shape index (κ1) is 15.2. The van der Waals surface area contributed by atoms with Gasteiger partial charge in [-0.15, -0.1) is 0 Å². The molecule has 0 radical (unpaired) electrons. The first-order valence-corrected chi connectivity index (χ1v) is 7.66. The highest BCUT2D eigenvalue weighted by atomic mass is 35.5. The van der Waals surface area contributed by atoms with Crippen molar-refractivity contribution in [3.05, 3.63) is 33.8 Å². The molecule has 0 bridgehead atoms. The van der Waals surface area contributed by atoms with Crippen LogP contribution < -0.4 is 5.32 Å². The van der Waals surface area contributed by atoms with Crippen molar-refractivity contribution in [1.29, 1.82) is 0 Å². The molecule has 0 aliphatic carbocycles. The van der Waals surface area contributed by atoms with Crippen molar-refractivity contribution in [2.24, 2.45) is 5.92 Å². The molecule has 0 aliphatic heterocycles. The van der Waals surface area contributed by atoms with Crippen LogP contribution in [-0.2, 0) is 0 Å². The minimum atomic E-state index is 0.255. The van der Waals surface area contributed by atoms with Gasteiger partial charge >= 0.3 is 0 Å². The molecule has 0 aromatic heterocycles. The molecule has 0 heterocycles. The van der Waals surface area contributed by atoms with E-state index in [1.165, 1.54) is 0 Å². The summed E-state index contributed by atoms with van der Waals surface area (Å²) in [5, 5.41) is 4.59. The molecule has 1 atom stereocenters. The molecule has 0 fully saturated rings. The van der Waals surface area contributed by atoms with E-state index in [1.807, 2.05) is 37.0 Å². The lowest BCUT2D eigenvalue weighted by Crippen LogP contribution is -2.19. The van der Waals surface area contributed by atoms with Crippen LogP contribution in [0.2, 0.25) is 10.0 Å².